The second kappa shape index (κ2) is 10.3. The predicted octanol–water partition coefficient (Wildman–Crippen LogP) is 6.05. The van der Waals surface area contributed by atoms with Gasteiger partial charge in [-0.15, -0.1) is 12.0 Å². The van der Waals surface area contributed by atoms with Crippen LogP contribution in [0.5, 0.6) is 0 Å². The molecule has 1 atom stereocenters. The molecule has 9 heteroatoms. The van der Waals surface area contributed by atoms with Crippen molar-refractivity contribution >= 4 is 44.7 Å². The fraction of sp³-hybridized carbons (Fsp3) is 0.333. The van der Waals surface area contributed by atoms with E-state index in [1.165, 1.54) is 0 Å². The Hall–Kier alpha value is -4.19. The molecule has 0 bridgehead atoms. The molecular formula is C33H36ClN7O. The summed E-state index contributed by atoms with van der Waals surface area (Å²) in [7, 11) is 1.77. The Balaban J connectivity index is 1.49. The lowest BCUT2D eigenvalue weighted by atomic mass is 9.96. The lowest BCUT2D eigenvalue weighted by molar-refractivity contribution is 0.190. The third-order valence-corrected chi connectivity index (χ3v) is 8.40. The van der Waals surface area contributed by atoms with Gasteiger partial charge in [-0.25, -0.2) is 0 Å². The number of fused-ring (bicyclic) bond motifs is 2. The van der Waals surface area contributed by atoms with Crippen LogP contribution in [0, 0.1) is 17.8 Å². The second-order valence-electron chi connectivity index (χ2n) is 12.8. The number of halogens is 1. The smallest absolute Gasteiger partial charge is 0.258 e. The standard InChI is InChI=1S/C33H36ClN7O/c1-7-20-17-35-29-25(28(20)36-19-32(2,3)4)15-21(16-26(29)34)37-30(27-18-41(39-38-27)33(5)12-13-33)23-9-8-10-24-22(23)11-14-40(6)31(24)42/h1,8-11,14-18,30,37-39H,12-13,19H2,2-6H3,(H,35,36)/t30-/m0/s1. The lowest BCUT2D eigenvalue weighted by Crippen LogP contribution is -2.43. The molecule has 4 N–H and O–H groups in total. The average Bonchev–Trinajstić information content (AvgIpc) is 3.50. The zero-order valence-corrected chi connectivity index (χ0v) is 25.4. The molecule has 0 saturated heterocycles. The van der Waals surface area contributed by atoms with Gasteiger partial charge < -0.3 is 20.6 Å². The van der Waals surface area contributed by atoms with Crippen molar-refractivity contribution in [3.8, 4) is 12.3 Å². The van der Waals surface area contributed by atoms with Gasteiger partial charge in [-0.05, 0) is 60.4 Å². The van der Waals surface area contributed by atoms with Crippen molar-refractivity contribution in [1.82, 2.24) is 25.5 Å². The molecule has 0 spiro atoms. The largest absolute Gasteiger partial charge is 0.383 e. The first kappa shape index (κ1) is 28.0. The van der Waals surface area contributed by atoms with Gasteiger partial charge in [0.2, 0.25) is 0 Å². The van der Waals surface area contributed by atoms with Crippen molar-refractivity contribution in [3.63, 3.8) is 0 Å². The number of aromatic nitrogens is 2. The number of hydrogen-bond acceptors (Lipinski definition) is 7. The molecule has 8 nitrogen and oxygen atoms in total. The van der Waals surface area contributed by atoms with Crippen molar-refractivity contribution in [2.75, 3.05) is 17.2 Å². The zero-order valence-electron chi connectivity index (χ0n) is 24.6. The molecule has 0 radical (unpaired) electrons. The molecule has 0 amide bonds. The van der Waals surface area contributed by atoms with E-state index < -0.39 is 0 Å². The average molecular weight is 582 g/mol. The summed E-state index contributed by atoms with van der Waals surface area (Å²) >= 11 is 6.86. The van der Waals surface area contributed by atoms with Gasteiger partial charge in [0.25, 0.3) is 5.56 Å². The number of aryl methyl sites for hydroxylation is 1. The van der Waals surface area contributed by atoms with Crippen LogP contribution >= 0.6 is 11.6 Å². The summed E-state index contributed by atoms with van der Waals surface area (Å²) in [6, 6.07) is 11.5. The minimum atomic E-state index is -0.330. The van der Waals surface area contributed by atoms with Crippen LogP contribution < -0.4 is 27.2 Å². The highest BCUT2D eigenvalue weighted by molar-refractivity contribution is 6.35. The maximum Gasteiger partial charge on any atom is 0.258 e. The maximum absolute atomic E-state index is 13.0. The summed E-state index contributed by atoms with van der Waals surface area (Å²) < 4.78 is 1.60. The minimum absolute atomic E-state index is 0.0370. The molecular weight excluding hydrogens is 546 g/mol. The molecule has 216 valence electrons. The Bertz CT molecular complexity index is 1840. The van der Waals surface area contributed by atoms with Crippen molar-refractivity contribution in [2.45, 2.75) is 52.1 Å². The molecule has 4 aromatic rings. The maximum atomic E-state index is 13.0. The van der Waals surface area contributed by atoms with Gasteiger partial charge in [0.1, 0.15) is 0 Å². The van der Waals surface area contributed by atoms with E-state index in [1.54, 1.807) is 17.8 Å². The number of nitrogens with one attached hydrogen (secondary N) is 4. The van der Waals surface area contributed by atoms with Crippen LogP contribution in [0.1, 0.15) is 57.7 Å². The van der Waals surface area contributed by atoms with E-state index >= 15 is 0 Å². The molecule has 1 saturated carbocycles. The van der Waals surface area contributed by atoms with E-state index in [9.17, 15) is 4.79 Å². The third kappa shape index (κ3) is 5.15. The number of terminal acetylenes is 1. The van der Waals surface area contributed by atoms with Crippen LogP contribution in [0.2, 0.25) is 5.02 Å². The van der Waals surface area contributed by atoms with Gasteiger partial charge in [0, 0.05) is 48.6 Å². The summed E-state index contributed by atoms with van der Waals surface area (Å²) in [6.07, 6.45) is 13.7. The Morgan fingerprint density at radius 1 is 1.19 bits per heavy atom. The van der Waals surface area contributed by atoms with Crippen molar-refractivity contribution in [1.29, 1.82) is 0 Å². The van der Waals surface area contributed by atoms with Gasteiger partial charge >= 0.3 is 0 Å². The number of anilines is 2. The van der Waals surface area contributed by atoms with E-state index in [4.69, 9.17) is 18.0 Å². The van der Waals surface area contributed by atoms with Crippen LogP contribution in [0.15, 0.2) is 65.5 Å². The van der Waals surface area contributed by atoms with Gasteiger partial charge in [-0.2, -0.15) is 0 Å². The Kier molecular flexibility index (Phi) is 6.83. The second-order valence-corrected chi connectivity index (χ2v) is 13.2. The molecule has 2 aromatic heterocycles. The van der Waals surface area contributed by atoms with Crippen LogP contribution in [-0.2, 0) is 7.05 Å². The number of benzene rings is 2. The number of rotatable bonds is 7. The number of nitrogens with zero attached hydrogens (tertiary/aromatic N) is 3. The monoisotopic (exact) mass is 581 g/mol. The molecule has 2 aromatic carbocycles. The van der Waals surface area contributed by atoms with Crippen molar-refractivity contribution < 1.29 is 0 Å². The fourth-order valence-electron chi connectivity index (χ4n) is 5.33. The summed E-state index contributed by atoms with van der Waals surface area (Å²) in [6.45, 7) is 9.46. The summed E-state index contributed by atoms with van der Waals surface area (Å²) in [4.78, 5) is 17.6. The highest BCUT2D eigenvalue weighted by atomic mass is 35.5. The van der Waals surface area contributed by atoms with Crippen LogP contribution in [0.25, 0.3) is 21.7 Å². The highest BCUT2D eigenvalue weighted by Gasteiger charge is 2.44. The van der Waals surface area contributed by atoms with Crippen molar-refractivity contribution in [2.24, 2.45) is 12.5 Å². The molecule has 2 aliphatic rings. The number of hydrogen-bond donors (Lipinski definition) is 4. The first-order chi connectivity index (χ1) is 20.0. The topological polar surface area (TPSA) is 86.2 Å². The highest BCUT2D eigenvalue weighted by Crippen LogP contribution is 2.43. The first-order valence-corrected chi connectivity index (χ1v) is 14.6. The van der Waals surface area contributed by atoms with E-state index in [0.29, 0.717) is 21.5 Å². The lowest BCUT2D eigenvalue weighted by Gasteiger charge is -2.24. The van der Waals surface area contributed by atoms with Crippen LogP contribution in [-0.4, -0.2) is 26.6 Å². The van der Waals surface area contributed by atoms with Crippen LogP contribution in [0.3, 0.4) is 0 Å². The van der Waals surface area contributed by atoms with Crippen LogP contribution in [0.4, 0.5) is 11.4 Å². The van der Waals surface area contributed by atoms with Gasteiger partial charge in [-0.3, -0.25) is 14.8 Å². The molecule has 42 heavy (non-hydrogen) atoms. The molecule has 1 aliphatic carbocycles. The van der Waals surface area contributed by atoms with Gasteiger partial charge in [0.05, 0.1) is 39.1 Å². The van der Waals surface area contributed by atoms with Gasteiger partial charge in [-0.1, -0.05) is 50.4 Å². The molecule has 0 unspecified atom stereocenters. The Labute approximate surface area is 251 Å². The minimum Gasteiger partial charge on any atom is -0.383 e. The predicted molar refractivity (Wildman–Crippen MR) is 172 cm³/mol. The normalized spacial score (nSPS) is 16.6. The molecule has 6 rings (SSSR count). The Morgan fingerprint density at radius 3 is 2.69 bits per heavy atom. The first-order valence-electron chi connectivity index (χ1n) is 14.2. The number of pyridine rings is 2. The van der Waals surface area contributed by atoms with E-state index in [2.05, 4.69) is 77.5 Å². The van der Waals surface area contributed by atoms with Gasteiger partial charge in [0.15, 0.2) is 0 Å². The van der Waals surface area contributed by atoms with E-state index in [-0.39, 0.29) is 22.6 Å². The summed E-state index contributed by atoms with van der Waals surface area (Å²) in [5.41, 5.74) is 11.7. The Morgan fingerprint density at radius 2 is 1.98 bits per heavy atom. The van der Waals surface area contributed by atoms with E-state index in [1.807, 2.05) is 36.5 Å². The summed E-state index contributed by atoms with van der Waals surface area (Å²) in [5, 5.41) is 12.3. The fourth-order valence-corrected chi connectivity index (χ4v) is 5.59. The SMILES string of the molecule is C#Cc1cnc2c(Cl)cc(N[C@H](C3=CN(C4(C)CC4)NN3)c3cccc4c(=O)n(C)ccc34)cc2c1NCC(C)(C)C. The summed E-state index contributed by atoms with van der Waals surface area (Å²) in [5.74, 6) is 2.78. The third-order valence-electron chi connectivity index (χ3n) is 8.11. The molecule has 1 fully saturated rings. The number of hydrazine groups is 2. The molecule has 3 heterocycles. The quantitative estimate of drug-likeness (QED) is 0.198. The zero-order chi connectivity index (χ0) is 29.8. The van der Waals surface area contributed by atoms with Crippen molar-refractivity contribution in [3.05, 3.63) is 87.2 Å². The van der Waals surface area contributed by atoms with E-state index in [0.717, 1.165) is 52.8 Å². The molecule has 1 aliphatic heterocycles.